The van der Waals surface area contributed by atoms with Crippen molar-refractivity contribution in [2.75, 3.05) is 19.0 Å². The average molecular weight is 515 g/mol. The number of thiocarbonyl (C=S) groups is 1. The molecule has 0 radical (unpaired) electrons. The normalized spacial score (nSPS) is 25.0. The number of nitrogens with one attached hydrogen (secondary N) is 1. The van der Waals surface area contributed by atoms with Crippen LogP contribution in [-0.4, -0.2) is 35.7 Å². The number of hydrogen-bond donors (Lipinski definition) is 1. The third-order valence-corrected chi connectivity index (χ3v) is 6.64. The predicted molar refractivity (Wildman–Crippen MR) is 123 cm³/mol. The molecule has 2 aromatic rings. The van der Waals surface area contributed by atoms with E-state index in [0.29, 0.717) is 20.9 Å². The molecule has 0 saturated carbocycles. The molecule has 9 heteroatoms. The molecule has 152 valence electrons. The fraction of sp³-hybridized carbons (Fsp3) is 0.300. The van der Waals surface area contributed by atoms with Gasteiger partial charge in [0.25, 0.3) is 0 Å². The fourth-order valence-corrected chi connectivity index (χ4v) is 5.26. The molecule has 5 nitrogen and oxygen atoms in total. The van der Waals surface area contributed by atoms with Gasteiger partial charge in [0.2, 0.25) is 5.91 Å². The monoisotopic (exact) mass is 513 g/mol. The van der Waals surface area contributed by atoms with Gasteiger partial charge < -0.3 is 15.0 Å². The van der Waals surface area contributed by atoms with Crippen molar-refractivity contribution < 1.29 is 9.53 Å². The molecule has 2 aliphatic heterocycles. The van der Waals surface area contributed by atoms with E-state index in [4.69, 9.17) is 40.2 Å². The largest absolute Gasteiger partial charge is 0.465 e. The van der Waals surface area contributed by atoms with Gasteiger partial charge in [-0.05, 0) is 55.5 Å². The third-order valence-electron chi connectivity index (χ3n) is 5.31. The van der Waals surface area contributed by atoms with Crippen LogP contribution in [0.5, 0.6) is 5.75 Å². The van der Waals surface area contributed by atoms with Crippen LogP contribution in [0, 0.1) is 5.92 Å². The summed E-state index contributed by atoms with van der Waals surface area (Å²) in [6.45, 7) is 1.87. The SMILES string of the molecule is CN(C)C(=O)[C@H]1[C@H]2NC(=S)N(c3ccc(Br)cc3)[C@@]1(C)Oc1c(Cl)cc(Cl)cc12. The number of halogens is 3. The van der Waals surface area contributed by atoms with Gasteiger partial charge in [-0.3, -0.25) is 9.69 Å². The van der Waals surface area contributed by atoms with Gasteiger partial charge in [-0.1, -0.05) is 39.1 Å². The van der Waals surface area contributed by atoms with Crippen LogP contribution in [-0.2, 0) is 4.79 Å². The predicted octanol–water partition coefficient (Wildman–Crippen LogP) is 5.00. The van der Waals surface area contributed by atoms with Gasteiger partial charge in [0, 0.05) is 34.8 Å². The fourth-order valence-electron chi connectivity index (χ4n) is 4.04. The Bertz CT molecular complexity index is 1020. The van der Waals surface area contributed by atoms with E-state index in [1.165, 1.54) is 0 Å². The van der Waals surface area contributed by atoms with Crippen LogP contribution in [0.3, 0.4) is 0 Å². The van der Waals surface area contributed by atoms with Gasteiger partial charge in [-0.2, -0.15) is 0 Å². The lowest BCUT2D eigenvalue weighted by molar-refractivity contribution is -0.144. The van der Waals surface area contributed by atoms with E-state index in [1.807, 2.05) is 36.1 Å². The second-order valence-corrected chi connectivity index (χ2v) is 9.56. The molecule has 0 aliphatic carbocycles. The maximum atomic E-state index is 13.3. The summed E-state index contributed by atoms with van der Waals surface area (Å²) >= 11 is 21.9. The minimum atomic E-state index is -1.09. The van der Waals surface area contributed by atoms with Crippen LogP contribution in [0.25, 0.3) is 0 Å². The third kappa shape index (κ3) is 3.28. The number of ether oxygens (including phenoxy) is 1. The van der Waals surface area contributed by atoms with Crippen LogP contribution in [0.15, 0.2) is 40.9 Å². The number of nitrogens with zero attached hydrogens (tertiary/aromatic N) is 2. The van der Waals surface area contributed by atoms with Crippen molar-refractivity contribution in [3.05, 3.63) is 56.5 Å². The highest BCUT2D eigenvalue weighted by molar-refractivity contribution is 9.10. The molecule has 4 rings (SSSR count). The Morgan fingerprint density at radius 2 is 1.93 bits per heavy atom. The maximum Gasteiger partial charge on any atom is 0.233 e. The Kier molecular flexibility index (Phi) is 5.22. The number of benzene rings is 2. The van der Waals surface area contributed by atoms with E-state index in [9.17, 15) is 4.79 Å². The van der Waals surface area contributed by atoms with E-state index in [-0.39, 0.29) is 5.91 Å². The number of anilines is 1. The van der Waals surface area contributed by atoms with Crippen molar-refractivity contribution in [3.63, 3.8) is 0 Å². The summed E-state index contributed by atoms with van der Waals surface area (Å²) in [4.78, 5) is 16.7. The van der Waals surface area contributed by atoms with Crippen LogP contribution in [0.4, 0.5) is 5.69 Å². The van der Waals surface area contributed by atoms with Gasteiger partial charge in [-0.25, -0.2) is 0 Å². The molecule has 29 heavy (non-hydrogen) atoms. The van der Waals surface area contributed by atoms with Gasteiger partial charge in [-0.15, -0.1) is 0 Å². The Hall–Kier alpha value is -1.54. The number of carbonyl (C=O) groups is 1. The van der Waals surface area contributed by atoms with Crippen LogP contribution in [0.2, 0.25) is 10.0 Å². The van der Waals surface area contributed by atoms with Crippen LogP contribution in [0.1, 0.15) is 18.5 Å². The highest BCUT2D eigenvalue weighted by Crippen LogP contribution is 2.52. The minimum Gasteiger partial charge on any atom is -0.465 e. The topological polar surface area (TPSA) is 44.8 Å². The van der Waals surface area contributed by atoms with Crippen molar-refractivity contribution in [1.82, 2.24) is 10.2 Å². The highest BCUT2D eigenvalue weighted by atomic mass is 79.9. The second-order valence-electron chi connectivity index (χ2n) is 7.41. The van der Waals surface area contributed by atoms with Crippen molar-refractivity contribution in [1.29, 1.82) is 0 Å². The summed E-state index contributed by atoms with van der Waals surface area (Å²) in [7, 11) is 3.45. The van der Waals surface area contributed by atoms with E-state index in [2.05, 4.69) is 21.2 Å². The lowest BCUT2D eigenvalue weighted by atomic mass is 9.78. The molecule has 1 fully saturated rings. The minimum absolute atomic E-state index is 0.0867. The van der Waals surface area contributed by atoms with Gasteiger partial charge in [0.1, 0.15) is 11.7 Å². The van der Waals surface area contributed by atoms with Crippen molar-refractivity contribution >= 4 is 68.1 Å². The summed E-state index contributed by atoms with van der Waals surface area (Å²) in [5.74, 6) is -0.172. The molecule has 0 unspecified atom stereocenters. The first-order valence-electron chi connectivity index (χ1n) is 8.89. The van der Waals surface area contributed by atoms with Gasteiger partial charge in [0.05, 0.1) is 11.1 Å². The van der Waals surface area contributed by atoms with Crippen molar-refractivity contribution in [2.45, 2.75) is 18.7 Å². The average Bonchev–Trinajstić information content (AvgIpc) is 2.63. The Labute approximate surface area is 193 Å². The summed E-state index contributed by atoms with van der Waals surface area (Å²) in [5, 5.41) is 4.66. The first-order valence-corrected chi connectivity index (χ1v) is 10.8. The Morgan fingerprint density at radius 3 is 2.55 bits per heavy atom. The van der Waals surface area contributed by atoms with E-state index in [1.54, 1.807) is 31.1 Å². The molecule has 2 bridgehead atoms. The first-order chi connectivity index (χ1) is 13.6. The summed E-state index contributed by atoms with van der Waals surface area (Å²) in [5.41, 5.74) is 0.432. The van der Waals surface area contributed by atoms with Gasteiger partial charge in [0.15, 0.2) is 10.8 Å². The molecule has 0 aromatic heterocycles. The molecule has 2 aromatic carbocycles. The smallest absolute Gasteiger partial charge is 0.233 e. The summed E-state index contributed by atoms with van der Waals surface area (Å²) in [6, 6.07) is 10.7. The quantitative estimate of drug-likeness (QED) is 0.571. The Balaban J connectivity index is 1.94. The first kappa shape index (κ1) is 20.7. The van der Waals surface area contributed by atoms with Crippen LogP contribution < -0.4 is 15.0 Å². The Morgan fingerprint density at radius 1 is 1.28 bits per heavy atom. The van der Waals surface area contributed by atoms with Crippen LogP contribution >= 0.6 is 51.3 Å². The molecular weight excluding hydrogens is 497 g/mol. The summed E-state index contributed by atoms with van der Waals surface area (Å²) in [6.07, 6.45) is 0. The lowest BCUT2D eigenvalue weighted by Crippen LogP contribution is -2.72. The van der Waals surface area contributed by atoms with Crippen molar-refractivity contribution in [3.8, 4) is 5.75 Å². The molecule has 1 N–H and O–H groups in total. The number of hydrogen-bond acceptors (Lipinski definition) is 3. The summed E-state index contributed by atoms with van der Waals surface area (Å²) < 4.78 is 7.41. The zero-order chi connectivity index (χ0) is 21.1. The molecule has 0 spiro atoms. The molecule has 2 aliphatic rings. The zero-order valence-corrected chi connectivity index (χ0v) is 19.8. The van der Waals surface area contributed by atoms with E-state index < -0.39 is 17.7 Å². The molecule has 1 saturated heterocycles. The number of fused-ring (bicyclic) bond motifs is 4. The number of amides is 1. The van der Waals surface area contributed by atoms with E-state index >= 15 is 0 Å². The standard InChI is InChI=1S/C20H18BrCl2N3O2S/c1-20-15(18(27)25(2)3)16(13-8-11(22)9-14(23)17(13)28-20)24-19(29)26(20)12-6-4-10(21)5-7-12/h4-9,15-16H,1-3H3,(H,24,29)/t15-,16+,20+/m1/s1. The maximum absolute atomic E-state index is 13.3. The molecule has 3 atom stereocenters. The van der Waals surface area contributed by atoms with Gasteiger partial charge >= 0.3 is 0 Å². The van der Waals surface area contributed by atoms with E-state index in [0.717, 1.165) is 15.7 Å². The molecular formula is C20H18BrCl2N3O2S. The highest BCUT2D eigenvalue weighted by Gasteiger charge is 2.59. The zero-order valence-electron chi connectivity index (χ0n) is 15.9. The number of rotatable bonds is 2. The molecule has 2 heterocycles. The second kappa shape index (κ2) is 7.30. The number of carbonyl (C=O) groups excluding carboxylic acids is 1. The molecule has 1 amide bonds. The van der Waals surface area contributed by atoms with Crippen molar-refractivity contribution in [2.24, 2.45) is 5.92 Å². The lowest BCUT2D eigenvalue weighted by Gasteiger charge is -2.56.